The van der Waals surface area contributed by atoms with Gasteiger partial charge in [0.1, 0.15) is 23.9 Å². The Morgan fingerprint density at radius 3 is 2.43 bits per heavy atom. The van der Waals surface area contributed by atoms with Gasteiger partial charge in [-0.2, -0.15) is 0 Å². The molecule has 7 heteroatoms. The Kier molecular flexibility index (Phi) is 7.30. The highest BCUT2D eigenvalue weighted by Gasteiger charge is 2.21. The van der Waals surface area contributed by atoms with E-state index >= 15 is 0 Å². The molecular weight excluding hydrogens is 380 g/mol. The Balaban J connectivity index is 1.99. The van der Waals surface area contributed by atoms with Gasteiger partial charge in [0.15, 0.2) is 0 Å². The number of ether oxygens (including phenoxy) is 3. The maximum absolute atomic E-state index is 6.31. The normalized spacial score (nSPS) is 14.4. The average Bonchev–Trinajstić information content (AvgIpc) is 2.79. The topological polar surface area (TPSA) is 58.9 Å². The molecular formula is C23H30N4O3. The van der Waals surface area contributed by atoms with Crippen LogP contribution in [-0.4, -0.2) is 72.0 Å². The van der Waals surface area contributed by atoms with Gasteiger partial charge in [-0.1, -0.05) is 12.1 Å². The Morgan fingerprint density at radius 1 is 1.17 bits per heavy atom. The molecule has 160 valence electrons. The Labute approximate surface area is 178 Å². The first-order chi connectivity index (χ1) is 14.6. The summed E-state index contributed by atoms with van der Waals surface area (Å²) in [6.45, 7) is 7.29. The zero-order chi connectivity index (χ0) is 21.5. The summed E-state index contributed by atoms with van der Waals surface area (Å²) in [5.74, 6) is 2.34. The SMILES string of the molecule is C=Nc1cc(N2CCOCC2)cc(OCc2ccc(OC)cc2)c1C(=NC)N(C)C. The molecule has 1 aliphatic rings. The highest BCUT2D eigenvalue weighted by molar-refractivity contribution is 6.06. The van der Waals surface area contributed by atoms with E-state index in [1.807, 2.05) is 49.3 Å². The number of nitrogens with zero attached hydrogens (tertiary/aromatic N) is 4. The largest absolute Gasteiger partial charge is 0.497 e. The van der Waals surface area contributed by atoms with Crippen molar-refractivity contribution in [3.63, 3.8) is 0 Å². The number of hydrogen-bond acceptors (Lipinski definition) is 6. The number of benzene rings is 2. The van der Waals surface area contributed by atoms with E-state index in [4.69, 9.17) is 14.2 Å². The van der Waals surface area contributed by atoms with Crippen molar-refractivity contribution in [1.29, 1.82) is 0 Å². The molecule has 0 aliphatic carbocycles. The van der Waals surface area contributed by atoms with Crippen molar-refractivity contribution in [2.45, 2.75) is 6.61 Å². The highest BCUT2D eigenvalue weighted by Crippen LogP contribution is 2.36. The van der Waals surface area contributed by atoms with Crippen LogP contribution in [0.5, 0.6) is 11.5 Å². The smallest absolute Gasteiger partial charge is 0.136 e. The lowest BCUT2D eigenvalue weighted by atomic mass is 10.1. The third-order valence-corrected chi connectivity index (χ3v) is 5.03. The third kappa shape index (κ3) is 4.91. The van der Waals surface area contributed by atoms with E-state index in [0.29, 0.717) is 19.8 Å². The number of hydrogen-bond donors (Lipinski definition) is 0. The van der Waals surface area contributed by atoms with Gasteiger partial charge >= 0.3 is 0 Å². The molecule has 30 heavy (non-hydrogen) atoms. The molecule has 0 bridgehead atoms. The molecule has 1 fully saturated rings. The van der Waals surface area contributed by atoms with Gasteiger partial charge in [0.05, 0.1) is 31.6 Å². The summed E-state index contributed by atoms with van der Waals surface area (Å²) in [4.78, 5) is 13.0. The van der Waals surface area contributed by atoms with Crippen LogP contribution in [0, 0.1) is 0 Å². The zero-order valence-corrected chi connectivity index (χ0v) is 18.2. The average molecular weight is 411 g/mol. The highest BCUT2D eigenvalue weighted by atomic mass is 16.5. The summed E-state index contributed by atoms with van der Waals surface area (Å²) in [5, 5.41) is 0. The summed E-state index contributed by atoms with van der Waals surface area (Å²) in [5.41, 5.74) is 3.68. The van der Waals surface area contributed by atoms with Gasteiger partial charge in [-0.3, -0.25) is 9.98 Å². The van der Waals surface area contributed by atoms with Crippen molar-refractivity contribution in [2.75, 3.05) is 59.5 Å². The minimum absolute atomic E-state index is 0.421. The van der Waals surface area contributed by atoms with Crippen LogP contribution in [0.25, 0.3) is 0 Å². The number of amidine groups is 1. The van der Waals surface area contributed by atoms with Crippen molar-refractivity contribution < 1.29 is 14.2 Å². The molecule has 0 radical (unpaired) electrons. The van der Waals surface area contributed by atoms with Crippen molar-refractivity contribution in [3.8, 4) is 11.5 Å². The van der Waals surface area contributed by atoms with E-state index in [-0.39, 0.29) is 0 Å². The minimum atomic E-state index is 0.421. The third-order valence-electron chi connectivity index (χ3n) is 5.03. The molecule has 2 aromatic rings. The van der Waals surface area contributed by atoms with Crippen LogP contribution in [0.15, 0.2) is 46.4 Å². The number of methoxy groups -OCH3 is 1. The van der Waals surface area contributed by atoms with Crippen molar-refractivity contribution in [3.05, 3.63) is 47.5 Å². The lowest BCUT2D eigenvalue weighted by molar-refractivity contribution is 0.122. The van der Waals surface area contributed by atoms with E-state index < -0.39 is 0 Å². The summed E-state index contributed by atoms with van der Waals surface area (Å²) in [7, 11) is 7.34. The van der Waals surface area contributed by atoms with Crippen molar-refractivity contribution >= 4 is 23.9 Å². The number of rotatable bonds is 7. The van der Waals surface area contributed by atoms with Crippen LogP contribution in [0.1, 0.15) is 11.1 Å². The van der Waals surface area contributed by atoms with E-state index in [9.17, 15) is 0 Å². The number of morpholine rings is 1. The molecule has 2 aromatic carbocycles. The first-order valence-corrected chi connectivity index (χ1v) is 9.95. The standard InChI is InChI=1S/C23H30N4O3/c1-24-20-14-18(27-10-12-29-13-11-27)15-21(22(20)23(25-2)26(3)4)30-16-17-6-8-19(28-5)9-7-17/h6-9,14-15H,1,10-13,16H2,2-5H3. The number of aliphatic imine (C=N–C) groups is 2. The second-order valence-corrected chi connectivity index (χ2v) is 7.17. The first kappa shape index (κ1) is 21.6. The fourth-order valence-corrected chi connectivity index (χ4v) is 3.47. The molecule has 3 rings (SSSR count). The number of anilines is 1. The van der Waals surface area contributed by atoms with Gasteiger partial charge in [0.2, 0.25) is 0 Å². The van der Waals surface area contributed by atoms with E-state index in [1.165, 1.54) is 0 Å². The van der Waals surface area contributed by atoms with Gasteiger partial charge in [0.25, 0.3) is 0 Å². The van der Waals surface area contributed by atoms with Gasteiger partial charge in [-0.15, -0.1) is 0 Å². The first-order valence-electron chi connectivity index (χ1n) is 9.95. The molecule has 1 saturated heterocycles. The molecule has 0 N–H and O–H groups in total. The van der Waals surface area contributed by atoms with Crippen molar-refractivity contribution in [1.82, 2.24) is 4.90 Å². The summed E-state index contributed by atoms with van der Waals surface area (Å²) in [6, 6.07) is 12.0. The lowest BCUT2D eigenvalue weighted by Crippen LogP contribution is -2.36. The molecule has 0 atom stereocenters. The predicted octanol–water partition coefficient (Wildman–Crippen LogP) is 3.38. The Bertz CT molecular complexity index is 888. The lowest BCUT2D eigenvalue weighted by Gasteiger charge is -2.30. The quantitative estimate of drug-likeness (QED) is 0.517. The molecule has 1 heterocycles. The van der Waals surface area contributed by atoms with Gasteiger partial charge in [-0.05, 0) is 30.5 Å². The van der Waals surface area contributed by atoms with Crippen molar-refractivity contribution in [2.24, 2.45) is 9.98 Å². The van der Waals surface area contributed by atoms with Crippen LogP contribution < -0.4 is 14.4 Å². The molecule has 0 unspecified atom stereocenters. The van der Waals surface area contributed by atoms with Crippen LogP contribution in [0.2, 0.25) is 0 Å². The monoisotopic (exact) mass is 410 g/mol. The Morgan fingerprint density at radius 2 is 1.87 bits per heavy atom. The maximum atomic E-state index is 6.31. The fraction of sp³-hybridized carbons (Fsp3) is 0.391. The predicted molar refractivity (Wildman–Crippen MR) is 122 cm³/mol. The summed E-state index contributed by atoms with van der Waals surface area (Å²) in [6.07, 6.45) is 0. The van der Waals surface area contributed by atoms with E-state index in [0.717, 1.165) is 52.9 Å². The van der Waals surface area contributed by atoms with Gasteiger partial charge < -0.3 is 24.0 Å². The zero-order valence-electron chi connectivity index (χ0n) is 18.2. The van der Waals surface area contributed by atoms with Crippen LogP contribution >= 0.6 is 0 Å². The van der Waals surface area contributed by atoms with Crippen LogP contribution in [-0.2, 0) is 11.3 Å². The molecule has 0 saturated carbocycles. The molecule has 0 spiro atoms. The van der Waals surface area contributed by atoms with Gasteiger partial charge in [-0.25, -0.2) is 0 Å². The molecule has 0 aromatic heterocycles. The second kappa shape index (κ2) is 10.1. The van der Waals surface area contributed by atoms with Gasteiger partial charge in [0, 0.05) is 46.0 Å². The summed E-state index contributed by atoms with van der Waals surface area (Å²) >= 11 is 0. The Hall–Kier alpha value is -3.06. The minimum Gasteiger partial charge on any atom is -0.497 e. The maximum Gasteiger partial charge on any atom is 0.136 e. The second-order valence-electron chi connectivity index (χ2n) is 7.17. The van der Waals surface area contributed by atoms with E-state index in [2.05, 4.69) is 27.7 Å². The van der Waals surface area contributed by atoms with E-state index in [1.54, 1.807) is 14.2 Å². The summed E-state index contributed by atoms with van der Waals surface area (Å²) < 4.78 is 17.0. The van der Waals surface area contributed by atoms with Crippen LogP contribution in [0.3, 0.4) is 0 Å². The molecule has 0 amide bonds. The molecule has 1 aliphatic heterocycles. The van der Waals surface area contributed by atoms with Crippen LogP contribution in [0.4, 0.5) is 11.4 Å². The fourth-order valence-electron chi connectivity index (χ4n) is 3.47. The molecule has 7 nitrogen and oxygen atoms in total.